The Kier molecular flexibility index (Phi) is 6.18. The first-order valence-corrected chi connectivity index (χ1v) is 8.21. The quantitative estimate of drug-likeness (QED) is 0.826. The Morgan fingerprint density at radius 2 is 2.30 bits per heavy atom. The molecule has 0 radical (unpaired) electrons. The number of piperidine rings is 1. The number of benzene rings is 1. The molecule has 2 nitrogen and oxygen atoms in total. The van der Waals surface area contributed by atoms with Gasteiger partial charge in [0.15, 0.2) is 0 Å². The van der Waals surface area contributed by atoms with E-state index in [1.54, 1.807) is 0 Å². The Bertz CT molecular complexity index is 415. The number of halogens is 1. The van der Waals surface area contributed by atoms with Crippen LogP contribution in [0.3, 0.4) is 0 Å². The van der Waals surface area contributed by atoms with Crippen molar-refractivity contribution in [2.24, 2.45) is 5.92 Å². The average Bonchev–Trinajstić information content (AvgIpc) is 2.49. The molecule has 1 saturated heterocycles. The molecule has 1 aromatic carbocycles. The highest BCUT2D eigenvalue weighted by atomic mass is 35.5. The number of nitrogens with one attached hydrogen (secondary N) is 1. The van der Waals surface area contributed by atoms with Gasteiger partial charge in [0.1, 0.15) is 5.75 Å². The average molecular weight is 296 g/mol. The minimum atomic E-state index is 0.486. The molecule has 2 rings (SSSR count). The minimum absolute atomic E-state index is 0.486. The zero-order valence-electron chi connectivity index (χ0n) is 12.6. The van der Waals surface area contributed by atoms with Crippen LogP contribution in [-0.4, -0.2) is 19.7 Å². The van der Waals surface area contributed by atoms with Crippen LogP contribution >= 0.6 is 11.6 Å². The molecule has 0 bridgehead atoms. The first-order chi connectivity index (χ1) is 9.70. The van der Waals surface area contributed by atoms with Gasteiger partial charge in [-0.1, -0.05) is 25.4 Å². The Balaban J connectivity index is 1.91. The normalized spacial score (nSPS) is 20.6. The molecule has 112 valence electrons. The summed E-state index contributed by atoms with van der Waals surface area (Å²) in [6, 6.07) is 5.99. The summed E-state index contributed by atoms with van der Waals surface area (Å²) < 4.78 is 6.03. The Labute approximate surface area is 127 Å². The van der Waals surface area contributed by atoms with Crippen molar-refractivity contribution in [3.05, 3.63) is 28.8 Å². The molecule has 3 heteroatoms. The summed E-state index contributed by atoms with van der Waals surface area (Å²) in [7, 11) is 0. The number of hydrogen-bond donors (Lipinski definition) is 1. The van der Waals surface area contributed by atoms with E-state index in [2.05, 4.69) is 19.2 Å². The van der Waals surface area contributed by atoms with Crippen LogP contribution < -0.4 is 10.1 Å². The van der Waals surface area contributed by atoms with Crippen LogP contribution in [0.5, 0.6) is 5.75 Å². The van der Waals surface area contributed by atoms with E-state index in [9.17, 15) is 0 Å². The summed E-state index contributed by atoms with van der Waals surface area (Å²) in [6.45, 7) is 7.54. The van der Waals surface area contributed by atoms with Gasteiger partial charge in [-0.25, -0.2) is 0 Å². The molecule has 1 aromatic rings. The molecule has 0 aromatic heterocycles. The highest BCUT2D eigenvalue weighted by Gasteiger charge is 2.14. The molecule has 0 unspecified atom stereocenters. The number of hydrogen-bond acceptors (Lipinski definition) is 2. The second-order valence-electron chi connectivity index (χ2n) is 5.84. The summed E-state index contributed by atoms with van der Waals surface area (Å²) in [5, 5.41) is 4.25. The van der Waals surface area contributed by atoms with Gasteiger partial charge in [0, 0.05) is 5.02 Å². The van der Waals surface area contributed by atoms with Gasteiger partial charge in [0.05, 0.1) is 6.61 Å². The fourth-order valence-corrected chi connectivity index (χ4v) is 2.94. The zero-order chi connectivity index (χ0) is 14.4. The third-order valence-corrected chi connectivity index (χ3v) is 4.53. The molecule has 0 aliphatic carbocycles. The van der Waals surface area contributed by atoms with E-state index in [-0.39, 0.29) is 0 Å². The maximum atomic E-state index is 6.11. The Hall–Kier alpha value is -0.730. The van der Waals surface area contributed by atoms with Crippen LogP contribution in [0.1, 0.15) is 51.0 Å². The van der Waals surface area contributed by atoms with Crippen molar-refractivity contribution in [1.29, 1.82) is 0 Å². The standard InChI is InChI=1S/C17H26ClNO/c1-3-13(2)16-11-15(18)6-7-17(16)20-10-8-14-5-4-9-19-12-14/h6-7,11,13-14,19H,3-5,8-10,12H2,1-2H3/t13-,14+/m0/s1. The molecule has 0 saturated carbocycles. The van der Waals surface area contributed by atoms with E-state index in [1.165, 1.54) is 24.9 Å². The van der Waals surface area contributed by atoms with E-state index < -0.39 is 0 Å². The van der Waals surface area contributed by atoms with Crippen molar-refractivity contribution in [3.63, 3.8) is 0 Å². The summed E-state index contributed by atoms with van der Waals surface area (Å²) in [6.07, 6.45) is 4.86. The summed E-state index contributed by atoms with van der Waals surface area (Å²) in [5.41, 5.74) is 1.24. The SMILES string of the molecule is CC[C@H](C)c1cc(Cl)ccc1OCC[C@H]1CCCNC1. The Morgan fingerprint density at radius 3 is 3.00 bits per heavy atom. The van der Waals surface area contributed by atoms with Crippen LogP contribution in [-0.2, 0) is 0 Å². The maximum absolute atomic E-state index is 6.11. The van der Waals surface area contributed by atoms with Crippen molar-refractivity contribution in [3.8, 4) is 5.75 Å². The first-order valence-electron chi connectivity index (χ1n) is 7.83. The molecule has 0 spiro atoms. The lowest BCUT2D eigenvalue weighted by molar-refractivity contribution is 0.251. The van der Waals surface area contributed by atoms with Crippen molar-refractivity contribution in [2.75, 3.05) is 19.7 Å². The lowest BCUT2D eigenvalue weighted by atomic mass is 9.96. The van der Waals surface area contributed by atoms with Crippen LogP contribution in [0.15, 0.2) is 18.2 Å². The third-order valence-electron chi connectivity index (χ3n) is 4.30. The van der Waals surface area contributed by atoms with Crippen molar-refractivity contribution in [2.45, 2.75) is 45.4 Å². The molecule has 1 N–H and O–H groups in total. The maximum Gasteiger partial charge on any atom is 0.122 e. The van der Waals surface area contributed by atoms with Crippen molar-refractivity contribution in [1.82, 2.24) is 5.32 Å². The lowest BCUT2D eigenvalue weighted by Gasteiger charge is -2.23. The van der Waals surface area contributed by atoms with Gasteiger partial charge < -0.3 is 10.1 Å². The first kappa shape index (κ1) is 15.7. The van der Waals surface area contributed by atoms with Crippen molar-refractivity contribution < 1.29 is 4.74 Å². The van der Waals surface area contributed by atoms with Crippen molar-refractivity contribution >= 4 is 11.6 Å². The summed E-state index contributed by atoms with van der Waals surface area (Å²) >= 11 is 6.11. The second kappa shape index (κ2) is 7.90. The predicted octanol–water partition coefficient (Wildman–Crippen LogP) is 4.62. The van der Waals surface area contributed by atoms with E-state index >= 15 is 0 Å². The summed E-state index contributed by atoms with van der Waals surface area (Å²) in [5.74, 6) is 2.26. The van der Waals surface area contributed by atoms with Crippen LogP contribution in [0.4, 0.5) is 0 Å². The zero-order valence-corrected chi connectivity index (χ0v) is 13.4. The van der Waals surface area contributed by atoms with E-state index in [0.717, 1.165) is 42.7 Å². The van der Waals surface area contributed by atoms with Gasteiger partial charge in [-0.05, 0) is 74.4 Å². The molecule has 1 heterocycles. The fourth-order valence-electron chi connectivity index (χ4n) is 2.76. The highest BCUT2D eigenvalue weighted by molar-refractivity contribution is 6.30. The molecular weight excluding hydrogens is 270 g/mol. The monoisotopic (exact) mass is 295 g/mol. The van der Waals surface area contributed by atoms with E-state index in [4.69, 9.17) is 16.3 Å². The van der Waals surface area contributed by atoms with E-state index in [1.807, 2.05) is 18.2 Å². The molecule has 1 fully saturated rings. The van der Waals surface area contributed by atoms with Crippen LogP contribution in [0, 0.1) is 5.92 Å². The highest BCUT2D eigenvalue weighted by Crippen LogP contribution is 2.31. The minimum Gasteiger partial charge on any atom is -0.493 e. The molecule has 0 amide bonds. The van der Waals surface area contributed by atoms with Crippen LogP contribution in [0.2, 0.25) is 5.02 Å². The van der Waals surface area contributed by atoms with Gasteiger partial charge in [-0.2, -0.15) is 0 Å². The summed E-state index contributed by atoms with van der Waals surface area (Å²) in [4.78, 5) is 0. The van der Waals surface area contributed by atoms with Gasteiger partial charge in [-0.3, -0.25) is 0 Å². The fraction of sp³-hybridized carbons (Fsp3) is 0.647. The predicted molar refractivity (Wildman–Crippen MR) is 85.9 cm³/mol. The lowest BCUT2D eigenvalue weighted by Crippen LogP contribution is -2.30. The third kappa shape index (κ3) is 4.39. The molecule has 1 aliphatic heterocycles. The molecule has 1 aliphatic rings. The van der Waals surface area contributed by atoms with Gasteiger partial charge in [-0.15, -0.1) is 0 Å². The largest absolute Gasteiger partial charge is 0.493 e. The van der Waals surface area contributed by atoms with Gasteiger partial charge in [0.25, 0.3) is 0 Å². The van der Waals surface area contributed by atoms with E-state index in [0.29, 0.717) is 5.92 Å². The Morgan fingerprint density at radius 1 is 1.45 bits per heavy atom. The van der Waals surface area contributed by atoms with Crippen LogP contribution in [0.25, 0.3) is 0 Å². The topological polar surface area (TPSA) is 21.3 Å². The molecule has 2 atom stereocenters. The smallest absolute Gasteiger partial charge is 0.122 e. The second-order valence-corrected chi connectivity index (χ2v) is 6.28. The van der Waals surface area contributed by atoms with Gasteiger partial charge in [0.2, 0.25) is 0 Å². The number of rotatable bonds is 6. The molecule has 20 heavy (non-hydrogen) atoms. The molecular formula is C17H26ClNO. The number of ether oxygens (including phenoxy) is 1. The van der Waals surface area contributed by atoms with Gasteiger partial charge >= 0.3 is 0 Å².